The largest absolute Gasteiger partial charge is 0.416 e. The molecule has 31 heavy (non-hydrogen) atoms. The number of pyridine rings is 1. The minimum absolute atomic E-state index is 0.260. The van der Waals surface area contributed by atoms with E-state index >= 15 is 0 Å². The quantitative estimate of drug-likeness (QED) is 0.451. The van der Waals surface area contributed by atoms with Crippen LogP contribution in [0, 0.1) is 13.8 Å². The summed E-state index contributed by atoms with van der Waals surface area (Å²) in [5, 5.41) is 4.45. The molecular formula is C25H25F3N2S. The number of benzene rings is 2. The number of hydrogen-bond acceptors (Lipinski definition) is 3. The fraction of sp³-hybridized carbons (Fsp3) is 0.320. The van der Waals surface area contributed by atoms with Crippen LogP contribution in [0.25, 0.3) is 16.5 Å². The lowest BCUT2D eigenvalue weighted by Crippen LogP contribution is -2.14. The standard InChI is InChI=1S/C25H25F3N2S/c1-15-13-24(30-17(3)20-5-4-6-22(16(20)2)25(26,27)28)21-14-19(7-8-23(21)29-15)18-9-11-31-12-10-18/h4-9,13-14,17H,10-12H2,1-3H3,(H,29,30)/t17-/m1/s1. The zero-order valence-corrected chi connectivity index (χ0v) is 18.6. The van der Waals surface area contributed by atoms with Crippen molar-refractivity contribution in [2.24, 2.45) is 0 Å². The maximum absolute atomic E-state index is 13.4. The molecule has 1 aliphatic heterocycles. The van der Waals surface area contributed by atoms with Gasteiger partial charge in [0, 0.05) is 28.6 Å². The number of hydrogen-bond donors (Lipinski definition) is 1. The van der Waals surface area contributed by atoms with Crippen LogP contribution in [0.1, 0.15) is 47.3 Å². The van der Waals surface area contributed by atoms with E-state index in [4.69, 9.17) is 0 Å². The Morgan fingerprint density at radius 2 is 1.90 bits per heavy atom. The smallest absolute Gasteiger partial charge is 0.378 e. The summed E-state index contributed by atoms with van der Waals surface area (Å²) in [4.78, 5) is 4.65. The van der Waals surface area contributed by atoms with E-state index in [2.05, 4.69) is 28.5 Å². The van der Waals surface area contributed by atoms with E-state index in [0.29, 0.717) is 5.56 Å². The van der Waals surface area contributed by atoms with Gasteiger partial charge in [0.1, 0.15) is 0 Å². The lowest BCUT2D eigenvalue weighted by Gasteiger charge is -2.22. The van der Waals surface area contributed by atoms with Crippen LogP contribution >= 0.6 is 11.8 Å². The molecule has 0 bridgehead atoms. The number of fused-ring (bicyclic) bond motifs is 1. The monoisotopic (exact) mass is 442 g/mol. The van der Waals surface area contributed by atoms with Crippen LogP contribution in [-0.2, 0) is 6.18 Å². The molecule has 2 aromatic carbocycles. The topological polar surface area (TPSA) is 24.9 Å². The third-order valence-electron chi connectivity index (χ3n) is 5.79. The first-order valence-corrected chi connectivity index (χ1v) is 11.5. The van der Waals surface area contributed by atoms with Crippen LogP contribution in [0.15, 0.2) is 48.5 Å². The van der Waals surface area contributed by atoms with Crippen molar-refractivity contribution in [1.29, 1.82) is 0 Å². The first-order valence-electron chi connectivity index (χ1n) is 10.4. The fourth-order valence-corrected chi connectivity index (χ4v) is 5.06. The maximum atomic E-state index is 13.4. The molecule has 4 rings (SSSR count). The molecule has 1 aromatic heterocycles. The summed E-state index contributed by atoms with van der Waals surface area (Å²) in [6, 6.07) is 12.3. The van der Waals surface area contributed by atoms with Crippen LogP contribution in [0.5, 0.6) is 0 Å². The van der Waals surface area contributed by atoms with E-state index in [1.165, 1.54) is 24.1 Å². The summed E-state index contributed by atoms with van der Waals surface area (Å²) >= 11 is 1.93. The summed E-state index contributed by atoms with van der Waals surface area (Å²) in [6.45, 7) is 5.37. The SMILES string of the molecule is Cc1cc(N[C@H](C)c2cccc(C(F)(F)F)c2C)c2cc(C3=CCSCC3)ccc2n1. The van der Waals surface area contributed by atoms with Crippen molar-refractivity contribution in [3.8, 4) is 0 Å². The number of nitrogens with zero attached hydrogens (tertiary/aromatic N) is 1. The Bertz CT molecular complexity index is 1150. The molecule has 2 heterocycles. The Labute approximate surface area is 185 Å². The molecule has 162 valence electrons. The maximum Gasteiger partial charge on any atom is 0.416 e. The number of rotatable bonds is 4. The van der Waals surface area contributed by atoms with Gasteiger partial charge in [-0.3, -0.25) is 4.98 Å². The molecule has 0 aliphatic carbocycles. The highest BCUT2D eigenvalue weighted by molar-refractivity contribution is 7.99. The van der Waals surface area contributed by atoms with Gasteiger partial charge in [0.15, 0.2) is 0 Å². The summed E-state index contributed by atoms with van der Waals surface area (Å²) in [7, 11) is 0. The number of alkyl halides is 3. The molecule has 1 atom stereocenters. The Balaban J connectivity index is 1.73. The summed E-state index contributed by atoms with van der Waals surface area (Å²) in [5.74, 6) is 2.14. The van der Waals surface area contributed by atoms with Gasteiger partial charge in [-0.15, -0.1) is 0 Å². The van der Waals surface area contributed by atoms with E-state index in [0.717, 1.165) is 46.3 Å². The second kappa shape index (κ2) is 8.58. The summed E-state index contributed by atoms with van der Waals surface area (Å²) in [6.07, 6.45) is -1.04. The molecule has 0 spiro atoms. The number of anilines is 1. The van der Waals surface area contributed by atoms with Crippen molar-refractivity contribution >= 4 is 33.9 Å². The van der Waals surface area contributed by atoms with Crippen LogP contribution in [0.4, 0.5) is 18.9 Å². The first kappa shape index (κ1) is 21.8. The van der Waals surface area contributed by atoms with E-state index < -0.39 is 11.7 Å². The van der Waals surface area contributed by atoms with Gasteiger partial charge in [-0.2, -0.15) is 24.9 Å². The molecule has 0 amide bonds. The fourth-order valence-electron chi connectivity index (χ4n) is 4.21. The number of halogens is 3. The third-order valence-corrected chi connectivity index (χ3v) is 6.69. The van der Waals surface area contributed by atoms with Gasteiger partial charge in [0.05, 0.1) is 11.1 Å². The first-order chi connectivity index (χ1) is 14.7. The van der Waals surface area contributed by atoms with Crippen molar-refractivity contribution in [2.75, 3.05) is 16.8 Å². The molecule has 0 saturated carbocycles. The number of thioether (sulfide) groups is 1. The molecule has 0 radical (unpaired) electrons. The van der Waals surface area contributed by atoms with Gasteiger partial charge in [0.2, 0.25) is 0 Å². The molecule has 0 fully saturated rings. The zero-order valence-electron chi connectivity index (χ0n) is 17.8. The minimum atomic E-state index is -4.36. The zero-order chi connectivity index (χ0) is 22.2. The van der Waals surface area contributed by atoms with Gasteiger partial charge < -0.3 is 5.32 Å². The Morgan fingerprint density at radius 3 is 2.61 bits per heavy atom. The minimum Gasteiger partial charge on any atom is -0.378 e. The summed E-state index contributed by atoms with van der Waals surface area (Å²) < 4.78 is 40.1. The molecular weight excluding hydrogens is 417 g/mol. The Morgan fingerprint density at radius 1 is 1.10 bits per heavy atom. The lowest BCUT2D eigenvalue weighted by molar-refractivity contribution is -0.138. The summed E-state index contributed by atoms with van der Waals surface area (Å²) in [5.41, 5.74) is 5.47. The molecule has 1 N–H and O–H groups in total. The van der Waals surface area contributed by atoms with Crippen LogP contribution in [0.3, 0.4) is 0 Å². The number of allylic oxidation sites excluding steroid dienone is 1. The third kappa shape index (κ3) is 4.59. The van der Waals surface area contributed by atoms with Crippen molar-refractivity contribution in [1.82, 2.24) is 4.98 Å². The van der Waals surface area contributed by atoms with Crippen LogP contribution in [-0.4, -0.2) is 16.5 Å². The van der Waals surface area contributed by atoms with Gasteiger partial charge in [-0.1, -0.05) is 24.3 Å². The van der Waals surface area contributed by atoms with Gasteiger partial charge in [-0.05, 0) is 79.5 Å². The lowest BCUT2D eigenvalue weighted by atomic mass is 9.96. The number of aryl methyl sites for hydroxylation is 1. The molecule has 0 saturated heterocycles. The van der Waals surface area contributed by atoms with Crippen LogP contribution < -0.4 is 5.32 Å². The second-order valence-electron chi connectivity index (χ2n) is 7.98. The van der Waals surface area contributed by atoms with Crippen molar-refractivity contribution in [2.45, 2.75) is 39.4 Å². The normalized spacial score (nSPS) is 15.6. The van der Waals surface area contributed by atoms with Crippen molar-refractivity contribution in [3.63, 3.8) is 0 Å². The van der Waals surface area contributed by atoms with Crippen LogP contribution in [0.2, 0.25) is 0 Å². The predicted molar refractivity (Wildman–Crippen MR) is 125 cm³/mol. The molecule has 2 nitrogen and oxygen atoms in total. The van der Waals surface area contributed by atoms with E-state index in [1.807, 2.05) is 37.7 Å². The van der Waals surface area contributed by atoms with E-state index in [1.54, 1.807) is 6.07 Å². The van der Waals surface area contributed by atoms with Gasteiger partial charge >= 0.3 is 6.18 Å². The number of nitrogens with one attached hydrogen (secondary N) is 1. The average Bonchev–Trinajstić information content (AvgIpc) is 2.73. The van der Waals surface area contributed by atoms with E-state index in [9.17, 15) is 13.2 Å². The van der Waals surface area contributed by atoms with Gasteiger partial charge in [0.25, 0.3) is 0 Å². The molecule has 6 heteroatoms. The second-order valence-corrected chi connectivity index (χ2v) is 9.13. The molecule has 0 unspecified atom stereocenters. The van der Waals surface area contributed by atoms with Crippen molar-refractivity contribution < 1.29 is 13.2 Å². The highest BCUT2D eigenvalue weighted by atomic mass is 32.2. The molecule has 3 aromatic rings. The average molecular weight is 443 g/mol. The molecule has 1 aliphatic rings. The van der Waals surface area contributed by atoms with Gasteiger partial charge in [-0.25, -0.2) is 0 Å². The Kier molecular flexibility index (Phi) is 6.02. The number of aromatic nitrogens is 1. The Hall–Kier alpha value is -2.47. The van der Waals surface area contributed by atoms with Crippen molar-refractivity contribution in [3.05, 3.63) is 76.5 Å². The highest BCUT2D eigenvalue weighted by Crippen LogP contribution is 2.36. The van der Waals surface area contributed by atoms with E-state index in [-0.39, 0.29) is 11.6 Å². The predicted octanol–water partition coefficient (Wildman–Crippen LogP) is 7.56. The highest BCUT2D eigenvalue weighted by Gasteiger charge is 2.33.